The van der Waals surface area contributed by atoms with Crippen molar-refractivity contribution in [1.82, 2.24) is 5.32 Å². The van der Waals surface area contributed by atoms with Gasteiger partial charge in [0.2, 0.25) is 5.91 Å². The molecule has 0 bridgehead atoms. The third-order valence-electron chi connectivity index (χ3n) is 3.28. The zero-order chi connectivity index (χ0) is 16.6. The van der Waals surface area contributed by atoms with Crippen LogP contribution < -0.4 is 11.1 Å². The van der Waals surface area contributed by atoms with Crippen molar-refractivity contribution in [2.45, 2.75) is 65.0 Å². The standard InChI is InChI=1S/C13H19NO.C3H7NO.C2H6/c14-13(15)11-7-2-1-4-8-12-9-5-3-6-10-12;5-3-1-2-4-3;1-2/h3,5-6,9-10H,1-2,4,7-8,11H2,(H2,14,15);3-5H,1-2H2;1-2H3. The molecule has 1 aromatic carbocycles. The largest absolute Gasteiger partial charge is 0.379 e. The lowest BCUT2D eigenvalue weighted by Gasteiger charge is -2.20. The first-order valence-electron chi connectivity index (χ1n) is 8.42. The van der Waals surface area contributed by atoms with Crippen LogP contribution in [0.5, 0.6) is 0 Å². The predicted octanol–water partition coefficient (Wildman–Crippen LogP) is 2.99. The fraction of sp³-hybridized carbons (Fsp3) is 0.611. The number of unbranched alkanes of at least 4 members (excludes halogenated alkanes) is 3. The van der Waals surface area contributed by atoms with Crippen molar-refractivity contribution >= 4 is 5.91 Å². The summed E-state index contributed by atoms with van der Waals surface area (Å²) in [4.78, 5) is 10.5. The Balaban J connectivity index is 0.000000522. The molecular weight excluding hydrogens is 276 g/mol. The Bertz CT molecular complexity index is 365. The molecule has 1 saturated heterocycles. The number of hydrogen-bond acceptors (Lipinski definition) is 3. The van der Waals surface area contributed by atoms with E-state index >= 15 is 0 Å². The van der Waals surface area contributed by atoms with Gasteiger partial charge in [0.25, 0.3) is 0 Å². The molecule has 1 fully saturated rings. The summed E-state index contributed by atoms with van der Waals surface area (Å²) in [7, 11) is 0. The molecule has 2 rings (SSSR count). The molecule has 1 heterocycles. The molecule has 0 aromatic heterocycles. The summed E-state index contributed by atoms with van der Waals surface area (Å²) < 4.78 is 0. The van der Waals surface area contributed by atoms with Crippen LogP contribution in [0.2, 0.25) is 0 Å². The molecule has 0 spiro atoms. The number of nitrogens with two attached hydrogens (primary N) is 1. The molecule has 4 nitrogen and oxygen atoms in total. The van der Waals surface area contributed by atoms with Crippen LogP contribution in [0.3, 0.4) is 0 Å². The normalized spacial score (nSPS) is 15.5. The maximum absolute atomic E-state index is 10.5. The molecule has 1 aliphatic rings. The maximum Gasteiger partial charge on any atom is 0.217 e. The first-order chi connectivity index (χ1) is 10.7. The fourth-order valence-corrected chi connectivity index (χ4v) is 1.90. The van der Waals surface area contributed by atoms with Gasteiger partial charge >= 0.3 is 0 Å². The van der Waals surface area contributed by atoms with Crippen LogP contribution in [-0.2, 0) is 11.2 Å². The van der Waals surface area contributed by atoms with Crippen LogP contribution in [0.1, 0.15) is 57.9 Å². The van der Waals surface area contributed by atoms with E-state index < -0.39 is 0 Å². The van der Waals surface area contributed by atoms with Gasteiger partial charge < -0.3 is 10.8 Å². The van der Waals surface area contributed by atoms with Crippen molar-refractivity contribution in [1.29, 1.82) is 0 Å². The summed E-state index contributed by atoms with van der Waals surface area (Å²) in [5.41, 5.74) is 6.46. The smallest absolute Gasteiger partial charge is 0.217 e. The molecule has 22 heavy (non-hydrogen) atoms. The van der Waals surface area contributed by atoms with Crippen molar-refractivity contribution in [3.05, 3.63) is 35.9 Å². The number of carbonyl (C=O) groups is 1. The van der Waals surface area contributed by atoms with E-state index in [1.807, 2.05) is 19.9 Å². The van der Waals surface area contributed by atoms with E-state index in [0.717, 1.165) is 32.2 Å². The number of aliphatic hydroxyl groups is 1. The lowest BCUT2D eigenvalue weighted by atomic mass is 10.1. The molecule has 1 aliphatic heterocycles. The third-order valence-corrected chi connectivity index (χ3v) is 3.28. The number of carbonyl (C=O) groups excluding carboxylic acids is 1. The van der Waals surface area contributed by atoms with Gasteiger partial charge in [0, 0.05) is 13.0 Å². The average Bonchev–Trinajstić information content (AvgIpc) is 2.52. The van der Waals surface area contributed by atoms with E-state index in [1.54, 1.807) is 0 Å². The number of primary amides is 1. The molecule has 0 aliphatic carbocycles. The Morgan fingerprint density at radius 1 is 1.18 bits per heavy atom. The molecule has 1 atom stereocenters. The van der Waals surface area contributed by atoms with Crippen LogP contribution in [0.4, 0.5) is 0 Å². The van der Waals surface area contributed by atoms with Crippen LogP contribution in [0, 0.1) is 0 Å². The Labute approximate surface area is 135 Å². The third kappa shape index (κ3) is 12.4. The Morgan fingerprint density at radius 2 is 1.73 bits per heavy atom. The minimum absolute atomic E-state index is 0.182. The zero-order valence-corrected chi connectivity index (χ0v) is 14.1. The zero-order valence-electron chi connectivity index (χ0n) is 14.1. The number of amides is 1. The highest BCUT2D eigenvalue weighted by Crippen LogP contribution is 2.08. The van der Waals surface area contributed by atoms with Crippen molar-refractivity contribution in [3.63, 3.8) is 0 Å². The highest BCUT2D eigenvalue weighted by Gasteiger charge is 2.09. The van der Waals surface area contributed by atoms with Crippen molar-refractivity contribution in [2.24, 2.45) is 5.73 Å². The first-order valence-corrected chi connectivity index (χ1v) is 8.42. The van der Waals surface area contributed by atoms with E-state index in [1.165, 1.54) is 18.4 Å². The van der Waals surface area contributed by atoms with Gasteiger partial charge in [-0.25, -0.2) is 0 Å². The molecule has 0 saturated carbocycles. The van der Waals surface area contributed by atoms with Crippen LogP contribution in [0.15, 0.2) is 30.3 Å². The fourth-order valence-electron chi connectivity index (χ4n) is 1.90. The van der Waals surface area contributed by atoms with Gasteiger partial charge in [0.1, 0.15) is 6.23 Å². The molecule has 0 radical (unpaired) electrons. The molecular formula is C18H32N2O2. The lowest BCUT2D eigenvalue weighted by Crippen LogP contribution is -2.42. The van der Waals surface area contributed by atoms with Gasteiger partial charge in [-0.2, -0.15) is 0 Å². The van der Waals surface area contributed by atoms with Crippen molar-refractivity contribution < 1.29 is 9.90 Å². The van der Waals surface area contributed by atoms with Crippen LogP contribution in [0.25, 0.3) is 0 Å². The molecule has 1 amide bonds. The molecule has 1 aromatic rings. The van der Waals surface area contributed by atoms with E-state index in [2.05, 4.69) is 29.6 Å². The van der Waals surface area contributed by atoms with Gasteiger partial charge in [-0.3, -0.25) is 10.1 Å². The summed E-state index contributed by atoms with van der Waals surface area (Å²) in [6.45, 7) is 4.99. The van der Waals surface area contributed by atoms with E-state index in [9.17, 15) is 4.79 Å². The summed E-state index contributed by atoms with van der Waals surface area (Å²) in [6.07, 6.45) is 6.84. The Morgan fingerprint density at radius 3 is 2.18 bits per heavy atom. The second kappa shape index (κ2) is 14.5. The monoisotopic (exact) mass is 308 g/mol. The predicted molar refractivity (Wildman–Crippen MR) is 92.4 cm³/mol. The molecule has 1 unspecified atom stereocenters. The quantitative estimate of drug-likeness (QED) is 0.678. The summed E-state index contributed by atoms with van der Waals surface area (Å²) in [5, 5.41) is 11.1. The average molecular weight is 308 g/mol. The number of aliphatic hydroxyl groups excluding tert-OH is 1. The minimum Gasteiger partial charge on any atom is -0.379 e. The van der Waals surface area contributed by atoms with Crippen LogP contribution >= 0.6 is 0 Å². The Hall–Kier alpha value is -1.39. The Kier molecular flexibility index (Phi) is 13.6. The second-order valence-corrected chi connectivity index (χ2v) is 5.12. The van der Waals surface area contributed by atoms with Gasteiger partial charge in [0.05, 0.1) is 0 Å². The number of aryl methyl sites for hydroxylation is 1. The van der Waals surface area contributed by atoms with E-state index in [-0.39, 0.29) is 12.1 Å². The highest BCUT2D eigenvalue weighted by atomic mass is 16.3. The number of benzene rings is 1. The summed E-state index contributed by atoms with van der Waals surface area (Å²) in [6, 6.07) is 10.5. The topological polar surface area (TPSA) is 75.4 Å². The van der Waals surface area contributed by atoms with Gasteiger partial charge in [-0.1, -0.05) is 57.0 Å². The maximum atomic E-state index is 10.5. The molecule has 4 heteroatoms. The van der Waals surface area contributed by atoms with E-state index in [0.29, 0.717) is 6.42 Å². The molecule has 126 valence electrons. The SMILES string of the molecule is CC.NC(=O)CCCCCCc1ccccc1.OC1CCN1. The van der Waals surface area contributed by atoms with Crippen LogP contribution in [-0.4, -0.2) is 23.8 Å². The van der Waals surface area contributed by atoms with Gasteiger partial charge in [-0.05, 0) is 31.2 Å². The van der Waals surface area contributed by atoms with Gasteiger partial charge in [-0.15, -0.1) is 0 Å². The van der Waals surface area contributed by atoms with E-state index in [4.69, 9.17) is 10.8 Å². The number of rotatable bonds is 7. The summed E-state index contributed by atoms with van der Waals surface area (Å²) >= 11 is 0. The molecule has 4 N–H and O–H groups in total. The first kappa shape index (κ1) is 20.6. The van der Waals surface area contributed by atoms with Gasteiger partial charge in [0.15, 0.2) is 0 Å². The number of nitrogens with one attached hydrogen (secondary N) is 1. The minimum atomic E-state index is -0.185. The number of hydrogen-bond donors (Lipinski definition) is 3. The lowest BCUT2D eigenvalue weighted by molar-refractivity contribution is -0.118. The summed E-state index contributed by atoms with van der Waals surface area (Å²) in [5.74, 6) is -0.182. The highest BCUT2D eigenvalue weighted by molar-refractivity contribution is 5.73. The second-order valence-electron chi connectivity index (χ2n) is 5.12. The van der Waals surface area contributed by atoms with Crippen molar-refractivity contribution in [2.75, 3.05) is 6.54 Å². The van der Waals surface area contributed by atoms with Crippen molar-refractivity contribution in [3.8, 4) is 0 Å².